The van der Waals surface area contributed by atoms with Crippen LogP contribution in [0.4, 0.5) is 0 Å². The Morgan fingerprint density at radius 3 is 2.91 bits per heavy atom. The lowest BCUT2D eigenvalue weighted by Gasteiger charge is -2.15. The number of hydrogen-bond donors (Lipinski definition) is 3. The SMILES string of the molecule is CC[C@@H](NC(=O)c1cc[nH]c1C1CC1)c1nc2ccccc2[nH]1. The maximum absolute atomic E-state index is 12.6. The molecule has 1 atom stereocenters. The van der Waals surface area contributed by atoms with E-state index in [9.17, 15) is 4.79 Å². The van der Waals surface area contributed by atoms with E-state index in [0.717, 1.165) is 34.5 Å². The van der Waals surface area contributed by atoms with E-state index in [-0.39, 0.29) is 11.9 Å². The third-order valence-electron chi connectivity index (χ3n) is 4.46. The normalized spacial score (nSPS) is 15.7. The molecule has 5 nitrogen and oxygen atoms in total. The Labute approximate surface area is 134 Å². The summed E-state index contributed by atoms with van der Waals surface area (Å²) in [5.41, 5.74) is 3.76. The minimum absolute atomic E-state index is 0.0274. The first-order valence-electron chi connectivity index (χ1n) is 8.19. The van der Waals surface area contributed by atoms with Crippen molar-refractivity contribution >= 4 is 16.9 Å². The zero-order valence-corrected chi connectivity index (χ0v) is 13.1. The highest BCUT2D eigenvalue weighted by molar-refractivity contribution is 5.96. The third-order valence-corrected chi connectivity index (χ3v) is 4.46. The van der Waals surface area contributed by atoms with Crippen molar-refractivity contribution in [1.82, 2.24) is 20.3 Å². The van der Waals surface area contributed by atoms with Gasteiger partial charge in [0.05, 0.1) is 22.6 Å². The van der Waals surface area contributed by atoms with E-state index < -0.39 is 0 Å². The lowest BCUT2D eigenvalue weighted by molar-refractivity contribution is 0.0933. The molecule has 1 fully saturated rings. The van der Waals surface area contributed by atoms with Crippen LogP contribution < -0.4 is 5.32 Å². The van der Waals surface area contributed by atoms with Crippen LogP contribution in [0.3, 0.4) is 0 Å². The molecule has 0 saturated heterocycles. The van der Waals surface area contributed by atoms with Gasteiger partial charge in [-0.1, -0.05) is 19.1 Å². The molecule has 3 aromatic rings. The smallest absolute Gasteiger partial charge is 0.253 e. The molecule has 1 amide bonds. The van der Waals surface area contributed by atoms with E-state index in [2.05, 4.69) is 27.2 Å². The van der Waals surface area contributed by atoms with Crippen LogP contribution >= 0.6 is 0 Å². The number of aromatic nitrogens is 3. The summed E-state index contributed by atoms with van der Waals surface area (Å²) in [5, 5.41) is 3.12. The summed E-state index contributed by atoms with van der Waals surface area (Å²) in [6.07, 6.45) is 4.97. The third kappa shape index (κ3) is 2.63. The summed E-state index contributed by atoms with van der Waals surface area (Å²) < 4.78 is 0. The number of carbonyl (C=O) groups excluding carboxylic acids is 1. The fourth-order valence-corrected chi connectivity index (χ4v) is 3.03. The largest absolute Gasteiger partial charge is 0.364 e. The van der Waals surface area contributed by atoms with E-state index in [1.165, 1.54) is 12.8 Å². The van der Waals surface area contributed by atoms with Crippen molar-refractivity contribution in [2.75, 3.05) is 0 Å². The maximum Gasteiger partial charge on any atom is 0.253 e. The zero-order chi connectivity index (χ0) is 15.8. The molecule has 1 aliphatic carbocycles. The Hall–Kier alpha value is -2.56. The monoisotopic (exact) mass is 308 g/mol. The predicted octanol–water partition coefficient (Wildman–Crippen LogP) is 3.65. The van der Waals surface area contributed by atoms with Crippen molar-refractivity contribution in [3.8, 4) is 0 Å². The topological polar surface area (TPSA) is 73.6 Å². The first kappa shape index (κ1) is 14.1. The second-order valence-electron chi connectivity index (χ2n) is 6.15. The van der Waals surface area contributed by atoms with E-state index in [1.54, 1.807) is 0 Å². The number of fused-ring (bicyclic) bond motifs is 1. The number of H-pyrrole nitrogens is 2. The number of para-hydroxylation sites is 2. The van der Waals surface area contributed by atoms with E-state index >= 15 is 0 Å². The molecule has 0 radical (unpaired) electrons. The molecular weight excluding hydrogens is 288 g/mol. The lowest BCUT2D eigenvalue weighted by Crippen LogP contribution is -2.29. The second kappa shape index (κ2) is 5.57. The molecule has 0 spiro atoms. The average Bonchev–Trinajstić information content (AvgIpc) is 3.13. The van der Waals surface area contributed by atoms with Gasteiger partial charge in [-0.25, -0.2) is 4.98 Å². The Kier molecular flexibility index (Phi) is 3.41. The Morgan fingerprint density at radius 1 is 1.35 bits per heavy atom. The van der Waals surface area contributed by atoms with Crippen LogP contribution in [0.2, 0.25) is 0 Å². The molecule has 0 aliphatic heterocycles. The van der Waals surface area contributed by atoms with Gasteiger partial charge in [-0.2, -0.15) is 0 Å². The van der Waals surface area contributed by atoms with Crippen LogP contribution in [0.15, 0.2) is 36.5 Å². The number of rotatable bonds is 5. The summed E-state index contributed by atoms with van der Waals surface area (Å²) in [5.74, 6) is 1.31. The van der Waals surface area contributed by atoms with Crippen LogP contribution in [0.25, 0.3) is 11.0 Å². The molecule has 1 aliphatic rings. The van der Waals surface area contributed by atoms with Gasteiger partial charge < -0.3 is 15.3 Å². The van der Waals surface area contributed by atoms with Gasteiger partial charge in [0.2, 0.25) is 0 Å². The molecular formula is C18H20N4O. The van der Waals surface area contributed by atoms with Gasteiger partial charge in [0.15, 0.2) is 0 Å². The standard InChI is InChI=1S/C18H20N4O/c1-2-13(17-20-14-5-3-4-6-15(14)21-17)22-18(23)12-9-10-19-16(12)11-7-8-11/h3-6,9-11,13,19H,2,7-8H2,1H3,(H,20,21)(H,22,23)/t13-/m1/s1. The number of imidazole rings is 1. The summed E-state index contributed by atoms with van der Waals surface area (Å²) in [7, 11) is 0. The molecule has 3 N–H and O–H groups in total. The van der Waals surface area contributed by atoms with Crippen molar-refractivity contribution in [2.45, 2.75) is 38.1 Å². The van der Waals surface area contributed by atoms with E-state index in [1.807, 2.05) is 36.5 Å². The number of nitrogens with one attached hydrogen (secondary N) is 3. The number of nitrogens with zero attached hydrogens (tertiary/aromatic N) is 1. The van der Waals surface area contributed by atoms with E-state index in [0.29, 0.717) is 5.92 Å². The molecule has 0 bridgehead atoms. The highest BCUT2D eigenvalue weighted by Gasteiger charge is 2.29. The molecule has 2 heterocycles. The highest BCUT2D eigenvalue weighted by atomic mass is 16.1. The van der Waals surface area contributed by atoms with Gasteiger partial charge in [-0.05, 0) is 43.4 Å². The minimum Gasteiger partial charge on any atom is -0.364 e. The van der Waals surface area contributed by atoms with Crippen LogP contribution in [0, 0.1) is 0 Å². The van der Waals surface area contributed by atoms with Crippen LogP contribution in [-0.4, -0.2) is 20.9 Å². The fraction of sp³-hybridized carbons (Fsp3) is 0.333. The fourth-order valence-electron chi connectivity index (χ4n) is 3.03. The number of aromatic amines is 2. The van der Waals surface area contributed by atoms with Crippen molar-refractivity contribution in [3.05, 3.63) is 53.6 Å². The Balaban J connectivity index is 1.57. The van der Waals surface area contributed by atoms with Crippen LogP contribution in [-0.2, 0) is 0 Å². The predicted molar refractivity (Wildman–Crippen MR) is 89.4 cm³/mol. The first-order valence-corrected chi connectivity index (χ1v) is 8.19. The van der Waals surface area contributed by atoms with Crippen LogP contribution in [0.5, 0.6) is 0 Å². The van der Waals surface area contributed by atoms with Crippen molar-refractivity contribution in [3.63, 3.8) is 0 Å². The molecule has 1 saturated carbocycles. The van der Waals surface area contributed by atoms with Gasteiger partial charge >= 0.3 is 0 Å². The molecule has 2 aromatic heterocycles. The minimum atomic E-state index is -0.114. The molecule has 23 heavy (non-hydrogen) atoms. The maximum atomic E-state index is 12.6. The molecule has 5 heteroatoms. The molecule has 4 rings (SSSR count). The van der Waals surface area contributed by atoms with Gasteiger partial charge in [-0.15, -0.1) is 0 Å². The average molecular weight is 308 g/mol. The Bertz CT molecular complexity index is 810. The second-order valence-corrected chi connectivity index (χ2v) is 6.15. The zero-order valence-electron chi connectivity index (χ0n) is 13.1. The quantitative estimate of drug-likeness (QED) is 0.673. The number of carbonyl (C=O) groups is 1. The van der Waals surface area contributed by atoms with Crippen molar-refractivity contribution in [2.24, 2.45) is 0 Å². The lowest BCUT2D eigenvalue weighted by atomic mass is 10.1. The van der Waals surface area contributed by atoms with Gasteiger partial charge in [0.25, 0.3) is 5.91 Å². The number of benzene rings is 1. The van der Waals surface area contributed by atoms with Crippen LogP contribution in [0.1, 0.15) is 60.0 Å². The first-order chi connectivity index (χ1) is 11.3. The molecule has 1 aromatic carbocycles. The summed E-state index contributed by atoms with van der Waals surface area (Å²) >= 11 is 0. The van der Waals surface area contributed by atoms with Gasteiger partial charge in [0.1, 0.15) is 5.82 Å². The molecule has 118 valence electrons. The van der Waals surface area contributed by atoms with Crippen molar-refractivity contribution < 1.29 is 4.79 Å². The van der Waals surface area contributed by atoms with Crippen molar-refractivity contribution in [1.29, 1.82) is 0 Å². The van der Waals surface area contributed by atoms with E-state index in [4.69, 9.17) is 0 Å². The summed E-state index contributed by atoms with van der Waals surface area (Å²) in [4.78, 5) is 23.8. The highest BCUT2D eigenvalue weighted by Crippen LogP contribution is 2.40. The number of hydrogen-bond acceptors (Lipinski definition) is 2. The summed E-state index contributed by atoms with van der Waals surface area (Å²) in [6.45, 7) is 2.05. The van der Waals surface area contributed by atoms with Gasteiger partial charge in [0, 0.05) is 11.9 Å². The number of amides is 1. The summed E-state index contributed by atoms with van der Waals surface area (Å²) in [6, 6.07) is 9.67. The Morgan fingerprint density at radius 2 is 2.17 bits per heavy atom. The van der Waals surface area contributed by atoms with Gasteiger partial charge in [-0.3, -0.25) is 4.79 Å². The molecule has 0 unspecified atom stereocenters.